The first-order valence-electron chi connectivity index (χ1n) is 1.13. The lowest BCUT2D eigenvalue weighted by molar-refractivity contribution is 0.407. The lowest BCUT2D eigenvalue weighted by Crippen LogP contribution is -2.04. The van der Waals surface area contributed by atoms with Gasteiger partial charge in [0.25, 0.3) is 0 Å². The second-order valence-electron chi connectivity index (χ2n) is 0.213. The summed E-state index contributed by atoms with van der Waals surface area (Å²) >= 11 is 0. The predicted molar refractivity (Wildman–Crippen MR) is 12.2 cm³/mol. The van der Waals surface area contributed by atoms with E-state index in [2.05, 4.69) is 0 Å². The van der Waals surface area contributed by atoms with Crippen LogP contribution in [0.4, 0.5) is 4.48 Å². The highest BCUT2D eigenvalue weighted by Gasteiger charge is 1.67. The third-order valence-corrected chi connectivity index (χ3v) is 0.0436. The first-order chi connectivity index (χ1) is 2.27. The van der Waals surface area contributed by atoms with Crippen molar-refractivity contribution in [1.29, 1.82) is 0 Å². The molecule has 0 aromatic carbocycles. The molecule has 2 nitrogen and oxygen atoms in total. The molecule has 0 atom stereocenters. The fraction of sp³-hybridized carbons (Fsp3) is 0. The summed E-state index contributed by atoms with van der Waals surface area (Å²) in [6.45, 7) is 0. The van der Waals surface area contributed by atoms with Gasteiger partial charge < -0.3 is 5.02 Å². The molecule has 0 aliphatic rings. The minimum Gasteiger partial charge on any atom is -0.439 e. The first-order valence-corrected chi connectivity index (χ1v) is 0.685. The molecule has 0 fully saturated rings. The Morgan fingerprint density at radius 2 is 2.75 bits per heavy atom. The molecule has 0 aromatic heterocycles. The Morgan fingerprint density at radius 3 is 2.75 bits per heavy atom. The average molecular weight is 63.8 g/mol. The van der Waals surface area contributed by atoms with Gasteiger partial charge in [0.05, 0.1) is 0 Å². The van der Waals surface area contributed by atoms with E-state index < -0.39 is 5.44 Å². The molecule has 0 saturated carbocycles. The van der Waals surface area contributed by atoms with Crippen LogP contribution in [0, 0.1) is 0 Å². The molecule has 0 unspecified atom stereocenters. The fourth-order valence-electron chi connectivity index (χ4n) is 0. The maximum absolute atomic E-state index is 10.6. The van der Waals surface area contributed by atoms with Gasteiger partial charge in [-0.15, -0.1) is 4.48 Å². The van der Waals surface area contributed by atoms with Crippen molar-refractivity contribution in [3.63, 3.8) is 0 Å². The van der Waals surface area contributed by atoms with Crippen LogP contribution in [-0.4, -0.2) is 12.6 Å². The molecule has 0 aliphatic heterocycles. The quantitative estimate of drug-likeness (QED) is 0.302. The van der Waals surface area contributed by atoms with Gasteiger partial charge in [0.2, 0.25) is 0 Å². The Bertz CT molecular complexity index is 25.6. The van der Waals surface area contributed by atoms with Gasteiger partial charge in [-0.1, -0.05) is 0 Å². The van der Waals surface area contributed by atoms with Crippen molar-refractivity contribution in [3.8, 4) is 0 Å². The first kappa shape index (κ1) is 2.17. The number of rotatable bonds is 1. The van der Waals surface area contributed by atoms with Gasteiger partial charge in [-0.25, -0.2) is 0 Å². The Kier molecular flexibility index (Phi) is 1.58. The topological polar surface area (TPSA) is 32.3 Å². The van der Waals surface area contributed by atoms with Crippen LogP contribution in [0.3, 0.4) is 0 Å². The third kappa shape index (κ3) is 1.91. The van der Waals surface area contributed by atoms with E-state index in [1.807, 2.05) is 0 Å². The van der Waals surface area contributed by atoms with Crippen LogP contribution >= 0.6 is 0 Å². The lowest BCUT2D eigenvalue weighted by atomic mass is 10.4. The molecule has 0 spiro atoms. The highest BCUT2D eigenvalue weighted by molar-refractivity contribution is 6.20. The summed E-state index contributed by atoms with van der Waals surface area (Å²) in [5.41, 5.74) is -0.694. The summed E-state index contributed by atoms with van der Waals surface area (Å²) in [4.78, 5) is 0. The standard InChI is InChI=1S/BFH2NO/c2-3-1-4/h3-4H/i3T. The molecular weight excluding hydrogens is 59.8 g/mol. The summed E-state index contributed by atoms with van der Waals surface area (Å²) in [5, 5.41) is 7.38. The zero-order chi connectivity index (χ0) is 4.28. The van der Waals surface area contributed by atoms with E-state index in [0.717, 1.165) is 0 Å². The monoisotopic (exact) mass is 64.0 g/mol. The normalized spacial score (nSPS) is 11.2. The maximum Gasteiger partial charge on any atom is 0.424 e. The van der Waals surface area contributed by atoms with Crippen LogP contribution < -0.4 is 5.44 Å². The van der Waals surface area contributed by atoms with Crippen molar-refractivity contribution in [2.45, 2.75) is 0 Å². The van der Waals surface area contributed by atoms with E-state index >= 15 is 0 Å². The van der Waals surface area contributed by atoms with Crippen molar-refractivity contribution < 1.29 is 10.9 Å². The van der Waals surface area contributed by atoms with Gasteiger partial charge in [-0.05, 0) is 0 Å². The SMILES string of the molecule is [3H]N(F)[B]O. The van der Waals surface area contributed by atoms with Crippen LogP contribution in [0.1, 0.15) is 0 Å². The number of hydrogen-bond acceptors (Lipinski definition) is 2. The third-order valence-electron chi connectivity index (χ3n) is 0.0436. The number of halogens is 1. The van der Waals surface area contributed by atoms with E-state index in [4.69, 9.17) is 6.44 Å². The van der Waals surface area contributed by atoms with Crippen LogP contribution in [-0.2, 0) is 0 Å². The van der Waals surface area contributed by atoms with E-state index in [0.29, 0.717) is 0 Å². The zero-order valence-electron chi connectivity index (χ0n) is 2.85. The Labute approximate surface area is 25.3 Å². The molecule has 0 bridgehead atoms. The molecule has 23 valence electrons. The summed E-state index contributed by atoms with van der Waals surface area (Å²) in [5.74, 6) is 0. The van der Waals surface area contributed by atoms with Crippen molar-refractivity contribution in [3.05, 3.63) is 0 Å². The molecular formula is H2BFNO. The van der Waals surface area contributed by atoms with E-state index in [1.54, 1.807) is 0 Å². The fourth-order valence-corrected chi connectivity index (χ4v) is 0. The van der Waals surface area contributed by atoms with Crippen LogP contribution in [0.25, 0.3) is 0 Å². The molecule has 1 radical (unpaired) electrons. The van der Waals surface area contributed by atoms with Crippen LogP contribution in [0.15, 0.2) is 0 Å². The molecule has 4 heteroatoms. The minimum absolute atomic E-state index is 0. The van der Waals surface area contributed by atoms with Crippen molar-refractivity contribution >= 4 is 7.62 Å². The molecule has 0 aliphatic carbocycles. The molecule has 0 heterocycles. The smallest absolute Gasteiger partial charge is 0.424 e. The van der Waals surface area contributed by atoms with Crippen molar-refractivity contribution in [2.24, 2.45) is 0 Å². The molecule has 2 N–H and O–H groups in total. The zero-order valence-corrected chi connectivity index (χ0v) is 1.85. The molecule has 0 aromatic rings. The molecule has 0 rings (SSSR count). The van der Waals surface area contributed by atoms with Gasteiger partial charge in [-0.3, -0.25) is 0 Å². The van der Waals surface area contributed by atoms with Crippen LogP contribution in [0.2, 0.25) is 1.41 Å². The molecule has 0 amide bonds. The van der Waals surface area contributed by atoms with Crippen molar-refractivity contribution in [2.75, 3.05) is 0 Å². The summed E-state index contributed by atoms with van der Waals surface area (Å²) in [6.07, 6.45) is 0. The lowest BCUT2D eigenvalue weighted by Gasteiger charge is -1.64. The number of hydrogen-bond donors (Lipinski definition) is 2. The summed E-state index contributed by atoms with van der Waals surface area (Å²) < 4.78 is 16.3. The second kappa shape index (κ2) is 2.91. The minimum atomic E-state index is -0.694. The average Bonchev–Trinajstić information content (AvgIpc) is 1.38. The summed E-state index contributed by atoms with van der Waals surface area (Å²) in [6, 6.07) is 0. The van der Waals surface area contributed by atoms with Crippen molar-refractivity contribution in [1.82, 2.24) is 5.44 Å². The molecule has 4 heavy (non-hydrogen) atoms. The highest BCUT2D eigenvalue weighted by atomic mass is 19.2. The van der Waals surface area contributed by atoms with Gasteiger partial charge in [0.15, 0.2) is 0 Å². The van der Waals surface area contributed by atoms with Gasteiger partial charge in [0, 0.05) is 0 Å². The Balaban J connectivity index is 2.54. The number of nitrogens with one attached hydrogen (secondary N) is 1. The van der Waals surface area contributed by atoms with Crippen LogP contribution in [0.5, 0.6) is 0 Å². The van der Waals surface area contributed by atoms with E-state index in [9.17, 15) is 4.48 Å². The largest absolute Gasteiger partial charge is 0.439 e. The van der Waals surface area contributed by atoms with E-state index in [-0.39, 0.29) is 7.62 Å². The predicted octanol–water partition coefficient (Wildman–Crippen LogP) is -1.01. The highest BCUT2D eigenvalue weighted by Crippen LogP contribution is 1.32. The van der Waals surface area contributed by atoms with E-state index in [1.165, 1.54) is 0 Å². The Morgan fingerprint density at radius 1 is 2.50 bits per heavy atom. The second-order valence-corrected chi connectivity index (χ2v) is 0.213. The van der Waals surface area contributed by atoms with Gasteiger partial charge in [-0.2, -0.15) is 5.44 Å². The van der Waals surface area contributed by atoms with Gasteiger partial charge in [0.1, 0.15) is 1.41 Å². The summed E-state index contributed by atoms with van der Waals surface area (Å²) in [7, 11) is 0. The molecule has 0 saturated heterocycles. The maximum atomic E-state index is 10.6. The Hall–Kier alpha value is -0.0851. The van der Waals surface area contributed by atoms with Gasteiger partial charge >= 0.3 is 7.62 Å².